The number of benzene rings is 1. The second-order valence-electron chi connectivity index (χ2n) is 7.07. The van der Waals surface area contributed by atoms with Crippen molar-refractivity contribution in [1.82, 2.24) is 24.4 Å². The van der Waals surface area contributed by atoms with Gasteiger partial charge in [0.1, 0.15) is 5.69 Å². The number of rotatable bonds is 6. The third-order valence-corrected chi connectivity index (χ3v) is 5.16. The number of aromatic nitrogens is 4. The fourth-order valence-corrected chi connectivity index (χ4v) is 3.69. The van der Waals surface area contributed by atoms with Crippen LogP contribution in [-0.4, -0.2) is 44.6 Å². The lowest BCUT2D eigenvalue weighted by molar-refractivity contribution is 0.193. The zero-order chi connectivity index (χ0) is 19.3. The standard InChI is InChI=1S/C21H25N5O2/c1-25-15-22-12-17(25)14-26-11-5-6-16(13-26)20-21(24-10-9-23-20)28-19-8-4-3-7-18(19)27-2/h3-4,7-10,12,15-16H,5-6,11,13-14H2,1-2H3/t16-/m0/s1. The van der Waals surface area contributed by atoms with Gasteiger partial charge in [-0.1, -0.05) is 12.1 Å². The van der Waals surface area contributed by atoms with Crippen LogP contribution >= 0.6 is 0 Å². The Morgan fingerprint density at radius 3 is 2.75 bits per heavy atom. The highest BCUT2D eigenvalue weighted by atomic mass is 16.5. The Labute approximate surface area is 165 Å². The number of methoxy groups -OCH3 is 1. The van der Waals surface area contributed by atoms with E-state index in [0.29, 0.717) is 17.4 Å². The summed E-state index contributed by atoms with van der Waals surface area (Å²) in [4.78, 5) is 15.8. The van der Waals surface area contributed by atoms with E-state index in [2.05, 4.69) is 24.4 Å². The van der Waals surface area contributed by atoms with E-state index in [1.54, 1.807) is 19.5 Å². The number of piperidine rings is 1. The molecule has 3 aromatic rings. The van der Waals surface area contributed by atoms with Gasteiger partial charge < -0.3 is 14.0 Å². The summed E-state index contributed by atoms with van der Waals surface area (Å²) >= 11 is 0. The van der Waals surface area contributed by atoms with E-state index in [1.165, 1.54) is 5.69 Å². The highest BCUT2D eigenvalue weighted by Gasteiger charge is 2.26. The first-order chi connectivity index (χ1) is 13.7. The van der Waals surface area contributed by atoms with Gasteiger partial charge in [0.25, 0.3) is 0 Å². The van der Waals surface area contributed by atoms with Crippen LogP contribution in [0, 0.1) is 0 Å². The van der Waals surface area contributed by atoms with Crippen LogP contribution in [0.5, 0.6) is 17.4 Å². The minimum absolute atomic E-state index is 0.278. The molecule has 0 unspecified atom stereocenters. The highest BCUT2D eigenvalue weighted by Crippen LogP contribution is 2.35. The summed E-state index contributed by atoms with van der Waals surface area (Å²) in [6, 6.07) is 7.60. The van der Waals surface area contributed by atoms with Crippen LogP contribution in [0.4, 0.5) is 0 Å². The fourth-order valence-electron chi connectivity index (χ4n) is 3.69. The van der Waals surface area contributed by atoms with E-state index in [0.717, 1.165) is 38.2 Å². The van der Waals surface area contributed by atoms with Crippen molar-refractivity contribution < 1.29 is 9.47 Å². The second-order valence-corrected chi connectivity index (χ2v) is 7.07. The van der Waals surface area contributed by atoms with E-state index < -0.39 is 0 Å². The van der Waals surface area contributed by atoms with Gasteiger partial charge in [0, 0.05) is 44.6 Å². The fraction of sp³-hybridized carbons (Fsp3) is 0.381. The van der Waals surface area contributed by atoms with Gasteiger partial charge in [-0.05, 0) is 31.5 Å². The minimum atomic E-state index is 0.278. The molecule has 0 saturated carbocycles. The number of aryl methyl sites for hydroxylation is 1. The number of hydrogen-bond acceptors (Lipinski definition) is 6. The molecular weight excluding hydrogens is 354 g/mol. The SMILES string of the molecule is COc1ccccc1Oc1nccnc1[C@H]1CCCN(Cc2cncn2C)C1. The quantitative estimate of drug-likeness (QED) is 0.654. The van der Waals surface area contributed by atoms with Crippen LogP contribution in [-0.2, 0) is 13.6 Å². The van der Waals surface area contributed by atoms with Crippen LogP contribution in [0.1, 0.15) is 30.1 Å². The maximum absolute atomic E-state index is 6.11. The molecule has 4 rings (SSSR count). The second kappa shape index (κ2) is 8.39. The molecule has 0 spiro atoms. The molecule has 7 nitrogen and oxygen atoms in total. The average molecular weight is 379 g/mol. The molecule has 0 aliphatic carbocycles. The van der Waals surface area contributed by atoms with Gasteiger partial charge in [0.05, 0.1) is 19.1 Å². The first-order valence-corrected chi connectivity index (χ1v) is 9.54. The molecule has 3 heterocycles. The molecule has 1 saturated heterocycles. The van der Waals surface area contributed by atoms with E-state index in [4.69, 9.17) is 9.47 Å². The van der Waals surface area contributed by atoms with Crippen molar-refractivity contribution >= 4 is 0 Å². The predicted molar refractivity (Wildman–Crippen MR) is 106 cm³/mol. The Morgan fingerprint density at radius 2 is 1.96 bits per heavy atom. The summed E-state index contributed by atoms with van der Waals surface area (Å²) in [6.07, 6.45) is 9.38. The molecule has 28 heavy (non-hydrogen) atoms. The van der Waals surface area contributed by atoms with Gasteiger partial charge >= 0.3 is 0 Å². The number of para-hydroxylation sites is 2. The molecule has 0 N–H and O–H groups in total. The first kappa shape index (κ1) is 18.4. The van der Waals surface area contributed by atoms with Gasteiger partial charge in [0.15, 0.2) is 11.5 Å². The van der Waals surface area contributed by atoms with Crippen molar-refractivity contribution in [3.63, 3.8) is 0 Å². The number of nitrogens with zero attached hydrogens (tertiary/aromatic N) is 5. The number of likely N-dealkylation sites (tertiary alicyclic amines) is 1. The lowest BCUT2D eigenvalue weighted by Gasteiger charge is -2.32. The number of imidazole rings is 1. The molecule has 1 fully saturated rings. The van der Waals surface area contributed by atoms with Gasteiger partial charge in [-0.25, -0.2) is 9.97 Å². The Hall–Kier alpha value is -2.93. The van der Waals surface area contributed by atoms with Gasteiger partial charge in [-0.15, -0.1) is 0 Å². The largest absolute Gasteiger partial charge is 0.493 e. The third-order valence-electron chi connectivity index (χ3n) is 5.16. The van der Waals surface area contributed by atoms with Gasteiger partial charge in [0.2, 0.25) is 5.88 Å². The first-order valence-electron chi connectivity index (χ1n) is 9.54. The Bertz CT molecular complexity index is 926. The van der Waals surface area contributed by atoms with Crippen molar-refractivity contribution in [2.24, 2.45) is 7.05 Å². The number of ether oxygens (including phenoxy) is 2. The molecule has 146 valence electrons. The molecule has 0 bridgehead atoms. The van der Waals surface area contributed by atoms with Crippen molar-refractivity contribution in [1.29, 1.82) is 0 Å². The molecule has 1 atom stereocenters. The summed E-state index contributed by atoms with van der Waals surface area (Å²) in [7, 11) is 3.67. The maximum Gasteiger partial charge on any atom is 0.241 e. The Balaban J connectivity index is 1.53. The van der Waals surface area contributed by atoms with Crippen LogP contribution in [0.3, 0.4) is 0 Å². The molecule has 0 amide bonds. The predicted octanol–water partition coefficient (Wildman–Crippen LogP) is 3.39. The summed E-state index contributed by atoms with van der Waals surface area (Å²) in [5.41, 5.74) is 2.12. The molecular formula is C21H25N5O2. The van der Waals surface area contributed by atoms with Gasteiger partial charge in [-0.2, -0.15) is 0 Å². The van der Waals surface area contributed by atoms with E-state index >= 15 is 0 Å². The molecule has 7 heteroatoms. The van der Waals surface area contributed by atoms with Crippen LogP contribution in [0.25, 0.3) is 0 Å². The zero-order valence-corrected chi connectivity index (χ0v) is 16.3. The normalized spacial score (nSPS) is 17.4. The van der Waals surface area contributed by atoms with Crippen molar-refractivity contribution in [2.45, 2.75) is 25.3 Å². The van der Waals surface area contributed by atoms with E-state index in [1.807, 2.05) is 43.8 Å². The zero-order valence-electron chi connectivity index (χ0n) is 16.3. The van der Waals surface area contributed by atoms with Crippen molar-refractivity contribution in [3.05, 3.63) is 60.6 Å². The Morgan fingerprint density at radius 1 is 1.14 bits per heavy atom. The van der Waals surface area contributed by atoms with E-state index in [9.17, 15) is 0 Å². The van der Waals surface area contributed by atoms with Gasteiger partial charge in [-0.3, -0.25) is 9.88 Å². The third kappa shape index (κ3) is 3.99. The summed E-state index contributed by atoms with van der Waals surface area (Å²) in [5.74, 6) is 2.16. The lowest BCUT2D eigenvalue weighted by atomic mass is 9.94. The average Bonchev–Trinajstić information content (AvgIpc) is 3.13. The summed E-state index contributed by atoms with van der Waals surface area (Å²) < 4.78 is 13.6. The topological polar surface area (TPSA) is 65.3 Å². The van der Waals surface area contributed by atoms with Crippen LogP contribution in [0.2, 0.25) is 0 Å². The molecule has 1 aliphatic rings. The number of hydrogen-bond donors (Lipinski definition) is 0. The smallest absolute Gasteiger partial charge is 0.241 e. The monoisotopic (exact) mass is 379 g/mol. The minimum Gasteiger partial charge on any atom is -0.493 e. The van der Waals surface area contributed by atoms with Crippen LogP contribution < -0.4 is 9.47 Å². The molecule has 1 aliphatic heterocycles. The summed E-state index contributed by atoms with van der Waals surface area (Å²) in [6.45, 7) is 2.88. The van der Waals surface area contributed by atoms with Crippen LogP contribution in [0.15, 0.2) is 49.2 Å². The van der Waals surface area contributed by atoms with E-state index in [-0.39, 0.29) is 5.92 Å². The van der Waals surface area contributed by atoms with Crippen molar-refractivity contribution in [3.8, 4) is 17.4 Å². The summed E-state index contributed by atoms with van der Waals surface area (Å²) in [5, 5.41) is 0. The molecule has 2 aromatic heterocycles. The highest BCUT2D eigenvalue weighted by molar-refractivity contribution is 5.42. The Kier molecular flexibility index (Phi) is 5.53. The maximum atomic E-state index is 6.11. The molecule has 0 radical (unpaired) electrons. The molecule has 1 aromatic carbocycles. The van der Waals surface area contributed by atoms with Crippen molar-refractivity contribution in [2.75, 3.05) is 20.2 Å². The lowest BCUT2D eigenvalue weighted by Crippen LogP contribution is -2.34.